The molecule has 1 aliphatic heterocycles. The third kappa shape index (κ3) is 2.55. The van der Waals surface area contributed by atoms with Crippen molar-refractivity contribution in [3.8, 4) is 0 Å². The van der Waals surface area contributed by atoms with Gasteiger partial charge in [0.1, 0.15) is 5.41 Å². The molecule has 0 radical (unpaired) electrons. The molecule has 20 heavy (non-hydrogen) atoms. The van der Waals surface area contributed by atoms with Crippen LogP contribution in [0.25, 0.3) is 0 Å². The monoisotopic (exact) mass is 279 g/mol. The van der Waals surface area contributed by atoms with Gasteiger partial charge < -0.3 is 15.1 Å². The summed E-state index contributed by atoms with van der Waals surface area (Å²) in [6, 6.07) is 0.306. The van der Waals surface area contributed by atoms with Gasteiger partial charge in [-0.15, -0.1) is 0 Å². The molecule has 3 rings (SSSR count). The summed E-state index contributed by atoms with van der Waals surface area (Å²) in [4.78, 5) is 29.2. The molecular weight excluding hydrogens is 254 g/mol. The Bertz CT molecular complexity index is 392. The molecule has 1 N–H and O–H groups in total. The average molecular weight is 279 g/mol. The molecule has 2 amide bonds. The molecule has 3 fully saturated rings. The minimum atomic E-state index is -0.710. The van der Waals surface area contributed by atoms with Gasteiger partial charge in [0.15, 0.2) is 0 Å². The number of rotatable bonds is 3. The number of likely N-dealkylation sites (N-methyl/N-ethyl adjacent to an activating group) is 1. The molecule has 0 spiro atoms. The second-order valence-corrected chi connectivity index (χ2v) is 6.63. The van der Waals surface area contributed by atoms with Crippen molar-refractivity contribution < 1.29 is 9.59 Å². The van der Waals surface area contributed by atoms with E-state index < -0.39 is 5.41 Å². The van der Waals surface area contributed by atoms with Crippen LogP contribution >= 0.6 is 0 Å². The molecular formula is C15H25N3O2. The van der Waals surface area contributed by atoms with Crippen LogP contribution in [0.2, 0.25) is 0 Å². The molecule has 0 aromatic rings. The van der Waals surface area contributed by atoms with Gasteiger partial charge in [-0.2, -0.15) is 0 Å². The van der Waals surface area contributed by atoms with Crippen molar-refractivity contribution in [2.75, 3.05) is 33.2 Å². The van der Waals surface area contributed by atoms with Crippen LogP contribution in [0, 0.1) is 5.41 Å². The first-order valence-corrected chi connectivity index (χ1v) is 7.91. The molecule has 1 heterocycles. The van der Waals surface area contributed by atoms with E-state index in [1.165, 1.54) is 12.8 Å². The predicted molar refractivity (Wildman–Crippen MR) is 76.1 cm³/mol. The van der Waals surface area contributed by atoms with E-state index >= 15 is 0 Å². The maximum Gasteiger partial charge on any atom is 0.238 e. The topological polar surface area (TPSA) is 52.7 Å². The van der Waals surface area contributed by atoms with Crippen molar-refractivity contribution in [2.24, 2.45) is 5.41 Å². The van der Waals surface area contributed by atoms with Gasteiger partial charge in [0.25, 0.3) is 0 Å². The lowest BCUT2D eigenvalue weighted by molar-refractivity contribution is -0.145. The van der Waals surface area contributed by atoms with Gasteiger partial charge in [-0.25, -0.2) is 0 Å². The lowest BCUT2D eigenvalue weighted by Gasteiger charge is -2.34. The SMILES string of the molecule is CN1CCN(C(=O)C2(C(=O)NC3CCCC3)CC2)CC1. The Morgan fingerprint density at radius 2 is 1.65 bits per heavy atom. The highest BCUT2D eigenvalue weighted by Gasteiger charge is 2.58. The fourth-order valence-electron chi connectivity index (χ4n) is 3.37. The molecule has 0 atom stereocenters. The highest BCUT2D eigenvalue weighted by Crippen LogP contribution is 2.48. The van der Waals surface area contributed by atoms with E-state index in [9.17, 15) is 9.59 Å². The van der Waals surface area contributed by atoms with Crippen LogP contribution in [0.15, 0.2) is 0 Å². The van der Waals surface area contributed by atoms with Crippen LogP contribution in [0.4, 0.5) is 0 Å². The smallest absolute Gasteiger partial charge is 0.238 e. The lowest BCUT2D eigenvalue weighted by atomic mass is 10.0. The maximum atomic E-state index is 12.7. The standard InChI is InChI=1S/C15H25N3O2/c1-17-8-10-18(11-9-17)14(20)15(6-7-15)13(19)16-12-4-2-3-5-12/h12H,2-11H2,1H3,(H,16,19). The Morgan fingerprint density at radius 3 is 2.20 bits per heavy atom. The zero-order valence-electron chi connectivity index (χ0n) is 12.4. The molecule has 2 saturated carbocycles. The summed E-state index contributed by atoms with van der Waals surface area (Å²) in [6.45, 7) is 3.33. The summed E-state index contributed by atoms with van der Waals surface area (Å²) >= 11 is 0. The zero-order valence-corrected chi connectivity index (χ0v) is 12.4. The summed E-state index contributed by atoms with van der Waals surface area (Å²) in [6.07, 6.45) is 6.01. The minimum absolute atomic E-state index is 0.00618. The van der Waals surface area contributed by atoms with Crippen LogP contribution in [0.3, 0.4) is 0 Å². The van der Waals surface area contributed by atoms with Gasteiger partial charge in [-0.3, -0.25) is 9.59 Å². The number of hydrogen-bond donors (Lipinski definition) is 1. The van der Waals surface area contributed by atoms with E-state index in [1.54, 1.807) is 0 Å². The third-order valence-electron chi connectivity index (χ3n) is 5.07. The molecule has 2 aliphatic carbocycles. The molecule has 0 aromatic heterocycles. The Morgan fingerprint density at radius 1 is 1.05 bits per heavy atom. The second kappa shape index (κ2) is 5.35. The van der Waals surface area contributed by atoms with Gasteiger partial charge in [0, 0.05) is 32.2 Å². The van der Waals surface area contributed by atoms with E-state index in [0.29, 0.717) is 6.04 Å². The van der Waals surface area contributed by atoms with E-state index in [4.69, 9.17) is 0 Å². The van der Waals surface area contributed by atoms with E-state index in [1.807, 2.05) is 4.90 Å². The van der Waals surface area contributed by atoms with Crippen molar-refractivity contribution in [2.45, 2.75) is 44.6 Å². The van der Waals surface area contributed by atoms with Gasteiger partial charge >= 0.3 is 0 Å². The highest BCUT2D eigenvalue weighted by molar-refractivity contribution is 6.08. The molecule has 0 aromatic carbocycles. The minimum Gasteiger partial charge on any atom is -0.352 e. The zero-order chi connectivity index (χ0) is 14.2. The van der Waals surface area contributed by atoms with Crippen molar-refractivity contribution in [3.05, 3.63) is 0 Å². The van der Waals surface area contributed by atoms with Crippen molar-refractivity contribution in [1.29, 1.82) is 0 Å². The molecule has 0 unspecified atom stereocenters. The quantitative estimate of drug-likeness (QED) is 0.770. The Kier molecular flexibility index (Phi) is 3.71. The summed E-state index contributed by atoms with van der Waals surface area (Å²) in [5, 5.41) is 3.11. The predicted octanol–water partition coefficient (Wildman–Crippen LogP) is 0.599. The van der Waals surface area contributed by atoms with Crippen LogP contribution < -0.4 is 5.32 Å². The van der Waals surface area contributed by atoms with Gasteiger partial charge in [-0.05, 0) is 32.7 Å². The number of nitrogens with zero attached hydrogens (tertiary/aromatic N) is 2. The van der Waals surface area contributed by atoms with Crippen LogP contribution in [-0.2, 0) is 9.59 Å². The normalized spacial score (nSPS) is 26.6. The van der Waals surface area contributed by atoms with Crippen LogP contribution in [0.1, 0.15) is 38.5 Å². The van der Waals surface area contributed by atoms with E-state index in [-0.39, 0.29) is 11.8 Å². The summed E-state index contributed by atoms with van der Waals surface area (Å²) < 4.78 is 0. The Balaban J connectivity index is 1.59. The molecule has 5 nitrogen and oxygen atoms in total. The first-order chi connectivity index (χ1) is 9.62. The number of hydrogen-bond acceptors (Lipinski definition) is 3. The van der Waals surface area contributed by atoms with Gasteiger partial charge in [0.05, 0.1) is 0 Å². The van der Waals surface area contributed by atoms with E-state index in [0.717, 1.165) is 51.9 Å². The summed E-state index contributed by atoms with van der Waals surface area (Å²) in [5.41, 5.74) is -0.710. The summed E-state index contributed by atoms with van der Waals surface area (Å²) in [5.74, 6) is 0.0643. The van der Waals surface area contributed by atoms with Crippen LogP contribution in [-0.4, -0.2) is 60.9 Å². The summed E-state index contributed by atoms with van der Waals surface area (Å²) in [7, 11) is 2.07. The first-order valence-electron chi connectivity index (χ1n) is 7.91. The molecule has 1 saturated heterocycles. The molecule has 0 bridgehead atoms. The maximum absolute atomic E-state index is 12.7. The van der Waals surface area contributed by atoms with Crippen molar-refractivity contribution in [1.82, 2.24) is 15.1 Å². The number of carbonyl (C=O) groups is 2. The largest absolute Gasteiger partial charge is 0.352 e. The fourth-order valence-corrected chi connectivity index (χ4v) is 3.37. The lowest BCUT2D eigenvalue weighted by Crippen LogP contribution is -2.53. The number of piperazine rings is 1. The molecule has 112 valence electrons. The number of nitrogens with one attached hydrogen (secondary N) is 1. The first kappa shape index (κ1) is 13.9. The second-order valence-electron chi connectivity index (χ2n) is 6.63. The van der Waals surface area contributed by atoms with Crippen molar-refractivity contribution >= 4 is 11.8 Å². The van der Waals surface area contributed by atoms with Crippen LogP contribution in [0.5, 0.6) is 0 Å². The fraction of sp³-hybridized carbons (Fsp3) is 0.867. The van der Waals surface area contributed by atoms with Gasteiger partial charge in [0.2, 0.25) is 11.8 Å². The van der Waals surface area contributed by atoms with Crippen molar-refractivity contribution in [3.63, 3.8) is 0 Å². The number of amides is 2. The van der Waals surface area contributed by atoms with E-state index in [2.05, 4.69) is 17.3 Å². The average Bonchev–Trinajstić information content (AvgIpc) is 3.11. The third-order valence-corrected chi connectivity index (χ3v) is 5.07. The Hall–Kier alpha value is -1.10. The van der Waals surface area contributed by atoms with Gasteiger partial charge in [-0.1, -0.05) is 12.8 Å². The Labute approximate surface area is 120 Å². The highest BCUT2D eigenvalue weighted by atomic mass is 16.2. The molecule has 3 aliphatic rings. The number of carbonyl (C=O) groups excluding carboxylic acids is 2. The molecule has 5 heteroatoms.